The van der Waals surface area contributed by atoms with Crippen molar-refractivity contribution in [2.45, 2.75) is 57.0 Å². The zero-order chi connectivity index (χ0) is 13.9. The first-order valence-electron chi connectivity index (χ1n) is 6.78. The summed E-state index contributed by atoms with van der Waals surface area (Å²) >= 11 is 0. The second kappa shape index (κ2) is 5.88. The molecule has 0 radical (unpaired) electrons. The number of rotatable bonds is 5. The minimum Gasteiger partial charge on any atom is -0.332 e. The Morgan fingerprint density at radius 3 is 2.84 bits per heavy atom. The number of aromatic nitrogens is 2. The molecule has 1 aromatic rings. The molecule has 0 unspecified atom stereocenters. The van der Waals surface area contributed by atoms with E-state index in [0.717, 1.165) is 19.3 Å². The molecule has 19 heavy (non-hydrogen) atoms. The predicted octanol–water partition coefficient (Wildman–Crippen LogP) is 2.14. The molecule has 1 heterocycles. The van der Waals surface area contributed by atoms with Crippen molar-refractivity contribution in [3.63, 3.8) is 0 Å². The zero-order valence-corrected chi connectivity index (χ0v) is 12.3. The molecule has 1 aromatic heterocycles. The molecule has 1 aliphatic rings. The number of hydrogen-bond acceptors (Lipinski definition) is 3. The molecular weight excluding hydrogens is 262 g/mol. The number of nitrogens with zero attached hydrogens (tertiary/aromatic N) is 1. The van der Waals surface area contributed by atoms with Crippen LogP contribution >= 0.6 is 0 Å². The second-order valence-corrected chi connectivity index (χ2v) is 6.60. The average Bonchev–Trinajstić information content (AvgIpc) is 2.89. The average molecular weight is 283 g/mol. The summed E-state index contributed by atoms with van der Waals surface area (Å²) in [5, 5.41) is 0.146. The molecule has 6 heteroatoms. The molecule has 1 atom stereocenters. The van der Waals surface area contributed by atoms with Crippen LogP contribution in [-0.4, -0.2) is 24.4 Å². The fraction of sp³-hybridized carbons (Fsp3) is 0.615. The molecular formula is C13H21N3O2S. The summed E-state index contributed by atoms with van der Waals surface area (Å²) in [7, 11) is -3.51. The number of aromatic amines is 1. The largest absolute Gasteiger partial charge is 0.332 e. The third kappa shape index (κ3) is 3.45. The number of allylic oxidation sites excluding steroid dienone is 1. The highest BCUT2D eigenvalue weighted by Crippen LogP contribution is 2.21. The van der Waals surface area contributed by atoms with Crippen molar-refractivity contribution in [2.75, 3.05) is 0 Å². The van der Waals surface area contributed by atoms with Gasteiger partial charge in [0, 0.05) is 12.5 Å². The van der Waals surface area contributed by atoms with E-state index in [0.29, 0.717) is 12.2 Å². The van der Waals surface area contributed by atoms with E-state index in [1.165, 1.54) is 18.2 Å². The van der Waals surface area contributed by atoms with Gasteiger partial charge in [-0.3, -0.25) is 0 Å². The molecule has 5 nitrogen and oxygen atoms in total. The Balaban J connectivity index is 2.10. The zero-order valence-electron chi connectivity index (χ0n) is 11.4. The van der Waals surface area contributed by atoms with Crippen LogP contribution in [0.2, 0.25) is 0 Å². The first-order chi connectivity index (χ1) is 9.03. The van der Waals surface area contributed by atoms with Crippen LogP contribution < -0.4 is 4.72 Å². The molecule has 0 aliphatic heterocycles. The highest BCUT2D eigenvalue weighted by molar-refractivity contribution is 7.89. The van der Waals surface area contributed by atoms with Gasteiger partial charge < -0.3 is 4.98 Å². The summed E-state index contributed by atoms with van der Waals surface area (Å²) in [6.07, 6.45) is 8.59. The van der Waals surface area contributed by atoms with Crippen molar-refractivity contribution in [2.24, 2.45) is 0 Å². The van der Waals surface area contributed by atoms with Crippen LogP contribution in [0.25, 0.3) is 0 Å². The topological polar surface area (TPSA) is 74.8 Å². The molecule has 2 rings (SSSR count). The van der Waals surface area contributed by atoms with Gasteiger partial charge in [0.2, 0.25) is 0 Å². The highest BCUT2D eigenvalue weighted by atomic mass is 32.2. The molecule has 0 saturated heterocycles. The van der Waals surface area contributed by atoms with E-state index in [-0.39, 0.29) is 11.1 Å². The molecule has 2 N–H and O–H groups in total. The van der Waals surface area contributed by atoms with E-state index < -0.39 is 10.0 Å². The lowest BCUT2D eigenvalue weighted by Crippen LogP contribution is -2.34. The van der Waals surface area contributed by atoms with Crippen molar-refractivity contribution in [3.8, 4) is 0 Å². The van der Waals surface area contributed by atoms with E-state index in [9.17, 15) is 8.42 Å². The van der Waals surface area contributed by atoms with Gasteiger partial charge in [-0.1, -0.05) is 18.6 Å². The van der Waals surface area contributed by atoms with Crippen LogP contribution in [0, 0.1) is 0 Å². The van der Waals surface area contributed by atoms with E-state index in [1.807, 2.05) is 13.8 Å². The van der Waals surface area contributed by atoms with Crippen LogP contribution in [-0.2, 0) is 16.4 Å². The molecule has 0 aromatic carbocycles. The van der Waals surface area contributed by atoms with Crippen molar-refractivity contribution in [3.05, 3.63) is 23.7 Å². The second-order valence-electron chi connectivity index (χ2n) is 4.92. The fourth-order valence-electron chi connectivity index (χ4n) is 2.29. The van der Waals surface area contributed by atoms with E-state index in [1.54, 1.807) is 0 Å². The highest BCUT2D eigenvalue weighted by Gasteiger charge is 2.22. The summed E-state index contributed by atoms with van der Waals surface area (Å²) in [6.45, 7) is 3.82. The van der Waals surface area contributed by atoms with Gasteiger partial charge in [-0.15, -0.1) is 0 Å². The minimum atomic E-state index is -3.51. The lowest BCUT2D eigenvalue weighted by Gasteiger charge is -2.20. The standard InChI is InChI=1S/C13H21N3O2S/c1-3-12-14-9-13(15-12)19(17,18)16-10(2)11-7-5-4-6-8-11/h7,9-10,16H,3-6,8H2,1-2H3,(H,14,15)/t10-/m0/s1. The van der Waals surface area contributed by atoms with Crippen LogP contribution in [0.3, 0.4) is 0 Å². The lowest BCUT2D eigenvalue weighted by molar-refractivity contribution is 0.560. The Morgan fingerprint density at radius 2 is 2.26 bits per heavy atom. The molecule has 106 valence electrons. The third-order valence-electron chi connectivity index (χ3n) is 3.44. The summed E-state index contributed by atoms with van der Waals surface area (Å²) < 4.78 is 27.1. The predicted molar refractivity (Wildman–Crippen MR) is 74.3 cm³/mol. The Morgan fingerprint density at radius 1 is 1.47 bits per heavy atom. The number of imidazole rings is 1. The maximum Gasteiger partial charge on any atom is 0.258 e. The van der Waals surface area contributed by atoms with Gasteiger partial charge in [0.1, 0.15) is 5.82 Å². The molecule has 0 amide bonds. The van der Waals surface area contributed by atoms with Crippen molar-refractivity contribution < 1.29 is 8.42 Å². The van der Waals surface area contributed by atoms with Crippen LogP contribution in [0.5, 0.6) is 0 Å². The summed E-state index contributed by atoms with van der Waals surface area (Å²) in [5.74, 6) is 0.685. The molecule has 0 fully saturated rings. The number of sulfonamides is 1. The Labute approximate surface area is 114 Å². The lowest BCUT2D eigenvalue weighted by atomic mass is 9.95. The maximum absolute atomic E-state index is 12.2. The maximum atomic E-state index is 12.2. The first kappa shape index (κ1) is 14.3. The Hall–Kier alpha value is -1.14. The van der Waals surface area contributed by atoms with Crippen LogP contribution in [0.4, 0.5) is 0 Å². The van der Waals surface area contributed by atoms with Crippen molar-refractivity contribution in [1.29, 1.82) is 0 Å². The summed E-state index contributed by atoms with van der Waals surface area (Å²) in [4.78, 5) is 6.86. The number of nitrogens with one attached hydrogen (secondary N) is 2. The monoisotopic (exact) mass is 283 g/mol. The van der Waals surface area contributed by atoms with Crippen LogP contribution in [0.1, 0.15) is 45.4 Å². The number of aryl methyl sites for hydroxylation is 1. The van der Waals surface area contributed by atoms with Gasteiger partial charge in [0.15, 0.2) is 5.03 Å². The first-order valence-corrected chi connectivity index (χ1v) is 8.26. The fourth-order valence-corrected chi connectivity index (χ4v) is 3.48. The smallest absolute Gasteiger partial charge is 0.258 e. The number of hydrogen-bond donors (Lipinski definition) is 2. The van der Waals surface area contributed by atoms with Gasteiger partial charge >= 0.3 is 0 Å². The van der Waals surface area contributed by atoms with Crippen molar-refractivity contribution in [1.82, 2.24) is 14.7 Å². The van der Waals surface area contributed by atoms with Gasteiger partial charge in [0.05, 0.1) is 6.20 Å². The van der Waals surface area contributed by atoms with Gasteiger partial charge in [-0.05, 0) is 32.6 Å². The normalized spacial score (nSPS) is 18.1. The van der Waals surface area contributed by atoms with E-state index >= 15 is 0 Å². The Kier molecular flexibility index (Phi) is 4.42. The van der Waals surface area contributed by atoms with Gasteiger partial charge in [-0.2, -0.15) is 0 Å². The quantitative estimate of drug-likeness (QED) is 0.813. The minimum absolute atomic E-state index is 0.146. The third-order valence-corrected chi connectivity index (χ3v) is 4.89. The van der Waals surface area contributed by atoms with Crippen LogP contribution in [0.15, 0.2) is 22.9 Å². The molecule has 0 bridgehead atoms. The molecule has 0 saturated carbocycles. The SMILES string of the molecule is CCc1ncc(S(=O)(=O)N[C@@H](C)C2=CCCCC2)[nH]1. The molecule has 0 spiro atoms. The number of H-pyrrole nitrogens is 1. The van der Waals surface area contributed by atoms with Crippen molar-refractivity contribution >= 4 is 10.0 Å². The van der Waals surface area contributed by atoms with E-state index in [2.05, 4.69) is 20.8 Å². The van der Waals surface area contributed by atoms with E-state index in [4.69, 9.17) is 0 Å². The molecule has 1 aliphatic carbocycles. The summed E-state index contributed by atoms with van der Waals surface area (Å²) in [6, 6.07) is -0.154. The Bertz CT molecular complexity index is 560. The van der Waals surface area contributed by atoms with Gasteiger partial charge in [-0.25, -0.2) is 18.1 Å². The summed E-state index contributed by atoms with van der Waals surface area (Å²) in [5.41, 5.74) is 1.19. The van der Waals surface area contributed by atoms with Gasteiger partial charge in [0.25, 0.3) is 10.0 Å².